The highest BCUT2D eigenvalue weighted by Gasteiger charge is 1.93. The maximum Gasteiger partial charge on any atom is -0.00519 e. The van der Waals surface area contributed by atoms with E-state index in [1.807, 2.05) is 13.1 Å². The maximum atomic E-state index is 3.76. The predicted octanol–water partition coefficient (Wildman–Crippen LogP) is 5.85. The highest BCUT2D eigenvalue weighted by molar-refractivity contribution is 4.65. The molecule has 0 bridgehead atoms. The van der Waals surface area contributed by atoms with Gasteiger partial charge < -0.3 is 5.32 Å². The van der Waals surface area contributed by atoms with Crippen molar-refractivity contribution < 1.29 is 0 Å². The first-order chi connectivity index (χ1) is 9.41. The fraction of sp³-hybridized carbons (Fsp3) is 0.889. The molecule has 0 aliphatic heterocycles. The van der Waals surface area contributed by atoms with E-state index in [4.69, 9.17) is 0 Å². The minimum atomic E-state index is 1.19. The topological polar surface area (TPSA) is 12.0 Å². The van der Waals surface area contributed by atoms with E-state index < -0.39 is 0 Å². The summed E-state index contributed by atoms with van der Waals surface area (Å²) in [5.41, 5.74) is 0. The molecule has 0 unspecified atom stereocenters. The summed E-state index contributed by atoms with van der Waals surface area (Å²) in [6.45, 7) is 4.95. The van der Waals surface area contributed by atoms with Gasteiger partial charge in [-0.2, -0.15) is 0 Å². The zero-order chi connectivity index (χ0) is 14.0. The summed E-state index contributed by atoms with van der Waals surface area (Å²) in [6, 6.07) is 0. The number of allylic oxidation sites excluding steroid dienone is 1. The smallest absolute Gasteiger partial charge is 0.00519 e. The van der Waals surface area contributed by atoms with Crippen LogP contribution < -0.4 is 5.32 Å². The largest absolute Gasteiger partial charge is 0.320 e. The molecular formula is C18H37N. The van der Waals surface area contributed by atoms with E-state index in [0.717, 1.165) is 0 Å². The second-order valence-corrected chi connectivity index (χ2v) is 5.78. The van der Waals surface area contributed by atoms with Crippen LogP contribution >= 0.6 is 0 Å². The van der Waals surface area contributed by atoms with Gasteiger partial charge in [-0.1, -0.05) is 76.7 Å². The van der Waals surface area contributed by atoms with Crippen molar-refractivity contribution in [3.8, 4) is 0 Å². The average Bonchev–Trinajstić information content (AvgIpc) is 2.43. The third-order valence-electron chi connectivity index (χ3n) is 3.84. The van der Waals surface area contributed by atoms with Gasteiger partial charge in [0.1, 0.15) is 0 Å². The highest BCUT2D eigenvalue weighted by Crippen LogP contribution is 2.12. The molecule has 0 aromatic carbocycles. The molecule has 0 rings (SSSR count). The maximum absolute atomic E-state index is 3.76. The first kappa shape index (κ1) is 18.7. The van der Waals surface area contributed by atoms with Crippen molar-refractivity contribution >= 4 is 0 Å². The lowest BCUT2D eigenvalue weighted by Crippen LogP contribution is -2.06. The van der Waals surface area contributed by atoms with E-state index in [0.29, 0.717) is 0 Å². The van der Waals surface area contributed by atoms with Crippen LogP contribution in [0.2, 0.25) is 0 Å². The van der Waals surface area contributed by atoms with Crippen LogP contribution in [0.5, 0.6) is 0 Å². The molecule has 0 aromatic heterocycles. The summed E-state index contributed by atoms with van der Waals surface area (Å²) in [5.74, 6) is 0. The lowest BCUT2D eigenvalue weighted by Gasteiger charge is -2.03. The first-order valence-electron chi connectivity index (χ1n) is 8.67. The summed E-state index contributed by atoms with van der Waals surface area (Å²) >= 11 is 0. The molecular weight excluding hydrogens is 230 g/mol. The van der Waals surface area contributed by atoms with Crippen molar-refractivity contribution in [1.29, 1.82) is 0 Å². The van der Waals surface area contributed by atoms with Gasteiger partial charge in [0.2, 0.25) is 0 Å². The van der Waals surface area contributed by atoms with E-state index >= 15 is 0 Å². The van der Waals surface area contributed by atoms with Crippen LogP contribution in [0.15, 0.2) is 12.7 Å². The molecule has 0 aliphatic rings. The lowest BCUT2D eigenvalue weighted by atomic mass is 10.0. The van der Waals surface area contributed by atoms with Gasteiger partial charge >= 0.3 is 0 Å². The minimum Gasteiger partial charge on any atom is -0.320 e. The minimum absolute atomic E-state index is 1.19. The molecule has 1 heteroatoms. The molecule has 0 saturated carbocycles. The molecule has 1 nitrogen and oxygen atoms in total. The van der Waals surface area contributed by atoms with Crippen molar-refractivity contribution in [2.24, 2.45) is 0 Å². The Hall–Kier alpha value is -0.300. The second-order valence-electron chi connectivity index (χ2n) is 5.78. The Balaban J connectivity index is 2.89. The van der Waals surface area contributed by atoms with E-state index in [-0.39, 0.29) is 0 Å². The number of nitrogens with one attached hydrogen (secondary N) is 1. The number of rotatable bonds is 16. The summed E-state index contributed by atoms with van der Waals surface area (Å²) in [6.07, 6.45) is 21.8. The monoisotopic (exact) mass is 267 g/mol. The van der Waals surface area contributed by atoms with Crippen LogP contribution in [0.3, 0.4) is 0 Å². The molecule has 19 heavy (non-hydrogen) atoms. The van der Waals surface area contributed by atoms with Gasteiger partial charge in [0, 0.05) is 0 Å². The summed E-state index contributed by atoms with van der Waals surface area (Å²) in [7, 11) is 2.04. The highest BCUT2D eigenvalue weighted by atomic mass is 14.8. The molecule has 0 fully saturated rings. The molecule has 0 amide bonds. The van der Waals surface area contributed by atoms with E-state index in [1.54, 1.807) is 0 Å². The molecule has 0 atom stereocenters. The zero-order valence-corrected chi connectivity index (χ0v) is 13.4. The quantitative estimate of drug-likeness (QED) is 0.273. The molecule has 0 spiro atoms. The predicted molar refractivity (Wildman–Crippen MR) is 88.8 cm³/mol. The first-order valence-corrected chi connectivity index (χ1v) is 8.67. The third-order valence-corrected chi connectivity index (χ3v) is 3.84. The standard InChI is InChI=1S/C18H37N/c1-3-4-5-6-7-8-9-10-11-12-13-14-15-16-17-18-19-2/h3,19H,1,4-18H2,2H3. The van der Waals surface area contributed by atoms with Gasteiger partial charge in [-0.15, -0.1) is 6.58 Å². The molecule has 1 N–H and O–H groups in total. The Kier molecular flexibility index (Phi) is 17.4. The molecule has 0 radical (unpaired) electrons. The average molecular weight is 268 g/mol. The molecule has 0 aromatic rings. The SMILES string of the molecule is C=CCCCCCCCCCCCCCCCNC. The third kappa shape index (κ3) is 17.7. The Morgan fingerprint density at radius 3 is 1.37 bits per heavy atom. The van der Waals surface area contributed by atoms with Crippen LogP contribution in [0.4, 0.5) is 0 Å². The fourth-order valence-corrected chi connectivity index (χ4v) is 2.53. The zero-order valence-electron chi connectivity index (χ0n) is 13.4. The normalized spacial score (nSPS) is 10.8. The number of hydrogen-bond donors (Lipinski definition) is 1. The Bertz CT molecular complexity index is 165. The second kappa shape index (κ2) is 17.7. The van der Waals surface area contributed by atoms with E-state index in [9.17, 15) is 0 Å². The molecule has 0 saturated heterocycles. The van der Waals surface area contributed by atoms with E-state index in [2.05, 4.69) is 11.9 Å². The Morgan fingerprint density at radius 1 is 0.632 bits per heavy atom. The van der Waals surface area contributed by atoms with Crippen molar-refractivity contribution in [2.75, 3.05) is 13.6 Å². The molecule has 0 aliphatic carbocycles. The van der Waals surface area contributed by atoms with Crippen molar-refractivity contribution in [3.05, 3.63) is 12.7 Å². The fourth-order valence-electron chi connectivity index (χ4n) is 2.53. The van der Waals surface area contributed by atoms with Gasteiger partial charge in [-0.3, -0.25) is 0 Å². The Morgan fingerprint density at radius 2 is 1.00 bits per heavy atom. The van der Waals surface area contributed by atoms with Crippen molar-refractivity contribution in [3.63, 3.8) is 0 Å². The van der Waals surface area contributed by atoms with Crippen LogP contribution in [0.1, 0.15) is 89.9 Å². The van der Waals surface area contributed by atoms with Gasteiger partial charge in [0.15, 0.2) is 0 Å². The number of unbranched alkanes of at least 4 members (excludes halogenated alkanes) is 13. The van der Waals surface area contributed by atoms with Crippen molar-refractivity contribution in [1.82, 2.24) is 5.32 Å². The van der Waals surface area contributed by atoms with Gasteiger partial charge in [-0.05, 0) is 32.9 Å². The van der Waals surface area contributed by atoms with Crippen LogP contribution in [0, 0.1) is 0 Å². The van der Waals surface area contributed by atoms with Crippen molar-refractivity contribution in [2.45, 2.75) is 89.9 Å². The van der Waals surface area contributed by atoms with Crippen LogP contribution in [-0.2, 0) is 0 Å². The van der Waals surface area contributed by atoms with Gasteiger partial charge in [-0.25, -0.2) is 0 Å². The van der Waals surface area contributed by atoms with Gasteiger partial charge in [0.25, 0.3) is 0 Å². The molecule has 114 valence electrons. The summed E-state index contributed by atoms with van der Waals surface area (Å²) in [4.78, 5) is 0. The van der Waals surface area contributed by atoms with Crippen LogP contribution in [0.25, 0.3) is 0 Å². The van der Waals surface area contributed by atoms with Gasteiger partial charge in [0.05, 0.1) is 0 Å². The summed E-state index contributed by atoms with van der Waals surface area (Å²) < 4.78 is 0. The Labute approximate surface area is 122 Å². The lowest BCUT2D eigenvalue weighted by molar-refractivity contribution is 0.535. The number of hydrogen-bond acceptors (Lipinski definition) is 1. The summed E-state index contributed by atoms with van der Waals surface area (Å²) in [5, 5.41) is 3.21. The van der Waals surface area contributed by atoms with E-state index in [1.165, 1.54) is 96.4 Å². The van der Waals surface area contributed by atoms with Crippen LogP contribution in [-0.4, -0.2) is 13.6 Å². The molecule has 0 heterocycles.